The average Bonchev–Trinajstić information content (AvgIpc) is 3.05. The van der Waals surface area contributed by atoms with Crippen LogP contribution in [-0.4, -0.2) is 34.7 Å². The van der Waals surface area contributed by atoms with E-state index in [1.807, 2.05) is 31.2 Å². The van der Waals surface area contributed by atoms with Crippen molar-refractivity contribution in [3.05, 3.63) is 29.3 Å². The number of nitrogens with zero attached hydrogens (tertiary/aromatic N) is 3. The van der Waals surface area contributed by atoms with Crippen LogP contribution in [0.5, 0.6) is 0 Å². The Kier molecular flexibility index (Phi) is 4.91. The molecule has 1 aliphatic rings. The fourth-order valence-corrected chi connectivity index (χ4v) is 4.17. The summed E-state index contributed by atoms with van der Waals surface area (Å²) in [4.78, 5) is 31.0. The number of carbonyl (C=O) groups excluding carboxylic acids is 2. The van der Waals surface area contributed by atoms with E-state index >= 15 is 0 Å². The lowest BCUT2D eigenvalue weighted by Crippen LogP contribution is -2.43. The maximum atomic E-state index is 12.9. The third kappa shape index (κ3) is 3.17. The molecule has 1 aromatic carbocycles. The van der Waals surface area contributed by atoms with E-state index in [4.69, 9.17) is 0 Å². The number of Topliss-reactive ketones (excluding diaryl/α,β-unsaturated/α-hetero) is 1. The number of benzene rings is 1. The number of aromatic nitrogens is 1. The zero-order valence-electron chi connectivity index (χ0n) is 13.6. The van der Waals surface area contributed by atoms with Crippen molar-refractivity contribution in [2.45, 2.75) is 32.1 Å². The third-order valence-corrected chi connectivity index (χ3v) is 5.55. The molecule has 5 nitrogen and oxygen atoms in total. The number of rotatable bonds is 4. The number of likely N-dealkylation sites (tertiary alicyclic amines) is 1. The molecule has 24 heavy (non-hydrogen) atoms. The minimum absolute atomic E-state index is 0.0704. The standard InChI is InChI=1S/C18H19N3O2S/c1-2-16(22)21-9-5-6-12(11-21)17(23)13(10-19)18-20-14-7-3-4-8-15(14)24-18/h3-4,7-8,12-13H,2,5-6,9,11H2,1H3/t12-,13+/m0/s1. The lowest BCUT2D eigenvalue weighted by molar-refractivity contribution is -0.134. The van der Waals surface area contributed by atoms with Crippen LogP contribution in [0.25, 0.3) is 10.2 Å². The lowest BCUT2D eigenvalue weighted by Gasteiger charge is -2.32. The highest BCUT2D eigenvalue weighted by Gasteiger charge is 2.34. The van der Waals surface area contributed by atoms with Gasteiger partial charge in [-0.2, -0.15) is 5.26 Å². The molecular formula is C18H19N3O2S. The van der Waals surface area contributed by atoms with Crippen LogP contribution in [0.4, 0.5) is 0 Å². The zero-order valence-corrected chi connectivity index (χ0v) is 14.4. The molecule has 0 aliphatic carbocycles. The molecule has 1 fully saturated rings. The molecule has 1 aliphatic heterocycles. The summed E-state index contributed by atoms with van der Waals surface area (Å²) in [5.74, 6) is -1.15. The number of hydrogen-bond donors (Lipinski definition) is 0. The molecule has 0 radical (unpaired) electrons. The monoisotopic (exact) mass is 341 g/mol. The largest absolute Gasteiger partial charge is 0.342 e. The third-order valence-electron chi connectivity index (χ3n) is 4.45. The van der Waals surface area contributed by atoms with Gasteiger partial charge < -0.3 is 4.90 Å². The molecule has 0 saturated carbocycles. The molecule has 1 aromatic heterocycles. The van der Waals surface area contributed by atoms with Crippen LogP contribution in [0, 0.1) is 17.2 Å². The Bertz CT molecular complexity index is 775. The second kappa shape index (κ2) is 7.10. The van der Waals surface area contributed by atoms with Crippen molar-refractivity contribution < 1.29 is 9.59 Å². The van der Waals surface area contributed by atoms with E-state index in [9.17, 15) is 14.9 Å². The Morgan fingerprint density at radius 2 is 2.25 bits per heavy atom. The first kappa shape index (κ1) is 16.6. The van der Waals surface area contributed by atoms with Crippen molar-refractivity contribution in [1.29, 1.82) is 5.26 Å². The molecule has 6 heteroatoms. The summed E-state index contributed by atoms with van der Waals surface area (Å²) in [6, 6.07) is 9.77. The molecule has 1 amide bonds. The smallest absolute Gasteiger partial charge is 0.222 e. The molecular weight excluding hydrogens is 322 g/mol. The molecule has 0 spiro atoms. The Labute approximate surface area is 144 Å². The van der Waals surface area contributed by atoms with Gasteiger partial charge in [0, 0.05) is 25.4 Å². The van der Waals surface area contributed by atoms with E-state index in [-0.39, 0.29) is 17.6 Å². The van der Waals surface area contributed by atoms with Crippen molar-refractivity contribution in [1.82, 2.24) is 9.88 Å². The SMILES string of the molecule is CCC(=O)N1CCC[C@H](C(=O)[C@@H](C#N)c2nc3ccccc3s2)C1. The molecule has 2 atom stereocenters. The second-order valence-corrected chi connectivity index (χ2v) is 7.08. The van der Waals surface area contributed by atoms with Crippen molar-refractivity contribution in [3.63, 3.8) is 0 Å². The summed E-state index contributed by atoms with van der Waals surface area (Å²) in [7, 11) is 0. The molecule has 124 valence electrons. The normalized spacial score (nSPS) is 19.0. The van der Waals surface area contributed by atoms with Crippen LogP contribution in [0.15, 0.2) is 24.3 Å². The average molecular weight is 341 g/mol. The molecule has 0 N–H and O–H groups in total. The highest BCUT2D eigenvalue weighted by atomic mass is 32.1. The number of piperidine rings is 1. The van der Waals surface area contributed by atoms with Crippen molar-refractivity contribution in [2.75, 3.05) is 13.1 Å². The number of para-hydroxylation sites is 1. The maximum Gasteiger partial charge on any atom is 0.222 e. The van der Waals surface area contributed by atoms with Gasteiger partial charge in [0.2, 0.25) is 5.91 Å². The first-order valence-corrected chi connectivity index (χ1v) is 9.02. The van der Waals surface area contributed by atoms with Crippen LogP contribution in [0.2, 0.25) is 0 Å². The number of nitriles is 1. The number of thiazole rings is 1. The van der Waals surface area contributed by atoms with Gasteiger partial charge in [-0.25, -0.2) is 4.98 Å². The van der Waals surface area contributed by atoms with Crippen molar-refractivity contribution in [3.8, 4) is 6.07 Å². The van der Waals surface area contributed by atoms with E-state index in [1.165, 1.54) is 11.3 Å². The van der Waals surface area contributed by atoms with Gasteiger partial charge in [-0.3, -0.25) is 9.59 Å². The Hall–Kier alpha value is -2.26. The van der Waals surface area contributed by atoms with Gasteiger partial charge in [0.1, 0.15) is 5.01 Å². The fraction of sp³-hybridized carbons (Fsp3) is 0.444. The van der Waals surface area contributed by atoms with Gasteiger partial charge in [0.15, 0.2) is 11.7 Å². The Morgan fingerprint density at radius 1 is 1.46 bits per heavy atom. The van der Waals surface area contributed by atoms with Gasteiger partial charge in [-0.15, -0.1) is 11.3 Å². The van der Waals surface area contributed by atoms with Gasteiger partial charge in [0.25, 0.3) is 0 Å². The number of ketones is 1. The first-order chi connectivity index (χ1) is 11.6. The van der Waals surface area contributed by atoms with E-state index in [2.05, 4.69) is 11.1 Å². The fourth-order valence-electron chi connectivity index (χ4n) is 3.15. The van der Waals surface area contributed by atoms with Crippen LogP contribution >= 0.6 is 11.3 Å². The highest BCUT2D eigenvalue weighted by Crippen LogP contribution is 2.31. The molecule has 3 rings (SSSR count). The van der Waals surface area contributed by atoms with Gasteiger partial charge in [-0.05, 0) is 25.0 Å². The number of hydrogen-bond acceptors (Lipinski definition) is 5. The van der Waals surface area contributed by atoms with E-state index in [1.54, 1.807) is 4.90 Å². The summed E-state index contributed by atoms with van der Waals surface area (Å²) in [5.41, 5.74) is 0.817. The highest BCUT2D eigenvalue weighted by molar-refractivity contribution is 7.18. The van der Waals surface area contributed by atoms with Crippen molar-refractivity contribution >= 4 is 33.2 Å². The summed E-state index contributed by atoms with van der Waals surface area (Å²) >= 11 is 1.40. The minimum atomic E-state index is -0.843. The summed E-state index contributed by atoms with van der Waals surface area (Å²) in [5, 5.41) is 10.1. The number of amides is 1. The number of carbonyl (C=O) groups is 2. The van der Waals surface area contributed by atoms with Gasteiger partial charge >= 0.3 is 0 Å². The number of fused-ring (bicyclic) bond motifs is 1. The minimum Gasteiger partial charge on any atom is -0.342 e. The van der Waals surface area contributed by atoms with Gasteiger partial charge in [0.05, 0.1) is 16.3 Å². The molecule has 2 aromatic rings. The predicted octanol–water partition coefficient (Wildman–Crippen LogP) is 3.12. The van der Waals surface area contributed by atoms with Crippen LogP contribution < -0.4 is 0 Å². The second-order valence-electron chi connectivity index (χ2n) is 6.02. The quantitative estimate of drug-likeness (QED) is 0.856. The summed E-state index contributed by atoms with van der Waals surface area (Å²) in [6.07, 6.45) is 1.98. The molecule has 0 bridgehead atoms. The molecule has 2 heterocycles. The zero-order chi connectivity index (χ0) is 17.1. The Morgan fingerprint density at radius 3 is 2.96 bits per heavy atom. The molecule has 1 saturated heterocycles. The summed E-state index contributed by atoms with van der Waals surface area (Å²) in [6.45, 7) is 2.95. The van der Waals surface area contributed by atoms with Crippen molar-refractivity contribution in [2.24, 2.45) is 5.92 Å². The van der Waals surface area contributed by atoms with Gasteiger partial charge in [-0.1, -0.05) is 19.1 Å². The lowest BCUT2D eigenvalue weighted by atomic mass is 9.87. The predicted molar refractivity (Wildman–Crippen MR) is 92.6 cm³/mol. The van der Waals surface area contributed by atoms with E-state index in [0.717, 1.165) is 23.1 Å². The molecule has 0 unspecified atom stereocenters. The first-order valence-electron chi connectivity index (χ1n) is 8.20. The van der Waals surface area contributed by atoms with E-state index < -0.39 is 5.92 Å². The van der Waals surface area contributed by atoms with E-state index in [0.29, 0.717) is 24.5 Å². The Balaban J connectivity index is 1.81. The van der Waals surface area contributed by atoms with Crippen LogP contribution in [0.3, 0.4) is 0 Å². The topological polar surface area (TPSA) is 74.1 Å². The summed E-state index contributed by atoms with van der Waals surface area (Å²) < 4.78 is 0.979. The van der Waals surface area contributed by atoms with Crippen LogP contribution in [-0.2, 0) is 9.59 Å². The van der Waals surface area contributed by atoms with Crippen LogP contribution in [0.1, 0.15) is 37.1 Å². The maximum absolute atomic E-state index is 12.9.